The zero-order valence-corrected chi connectivity index (χ0v) is 19.9. The third-order valence-corrected chi connectivity index (χ3v) is 6.19. The average molecular weight is 459 g/mol. The Balaban J connectivity index is 1.86. The number of aldehydes is 1. The van der Waals surface area contributed by atoms with E-state index >= 15 is 0 Å². The number of likely N-dealkylation sites (N-methyl/N-ethyl adjacent to an activating group) is 1. The van der Waals surface area contributed by atoms with Gasteiger partial charge in [-0.15, -0.1) is 0 Å². The number of amides is 1. The summed E-state index contributed by atoms with van der Waals surface area (Å²) in [5.74, 6) is 0.570. The summed E-state index contributed by atoms with van der Waals surface area (Å²) in [6, 6.07) is 0. The second-order valence-electron chi connectivity index (χ2n) is 9.28. The maximum absolute atomic E-state index is 12.5. The van der Waals surface area contributed by atoms with E-state index in [2.05, 4.69) is 18.2 Å². The molecule has 1 amide bonds. The van der Waals surface area contributed by atoms with Gasteiger partial charge in [0.25, 0.3) is 0 Å². The van der Waals surface area contributed by atoms with E-state index in [1.165, 1.54) is 6.08 Å². The molecule has 2 heterocycles. The van der Waals surface area contributed by atoms with Crippen LogP contribution in [0.3, 0.4) is 0 Å². The number of likely N-dealkylation sites (tertiary alicyclic amines) is 2. The molecule has 0 aromatic rings. The third kappa shape index (κ3) is 8.29. The van der Waals surface area contributed by atoms with Gasteiger partial charge in [-0.25, -0.2) is 4.99 Å². The summed E-state index contributed by atoms with van der Waals surface area (Å²) in [6.45, 7) is 11.6. The van der Waals surface area contributed by atoms with Crippen LogP contribution in [0.15, 0.2) is 53.8 Å². The van der Waals surface area contributed by atoms with Crippen LogP contribution in [0.1, 0.15) is 39.0 Å². The number of piperidine rings is 1. The summed E-state index contributed by atoms with van der Waals surface area (Å²) in [5.41, 5.74) is -0.731. The van der Waals surface area contributed by atoms with Gasteiger partial charge in [0.1, 0.15) is 12.1 Å². The molecule has 8 heteroatoms. The first kappa shape index (κ1) is 26.5. The molecule has 2 N–H and O–H groups in total. The van der Waals surface area contributed by atoms with Crippen molar-refractivity contribution < 1.29 is 19.8 Å². The predicted molar refractivity (Wildman–Crippen MR) is 131 cm³/mol. The van der Waals surface area contributed by atoms with Crippen LogP contribution in [-0.4, -0.2) is 94.4 Å². The number of hydrogen-bond acceptors (Lipinski definition) is 6. The second-order valence-corrected chi connectivity index (χ2v) is 9.28. The smallest absolute Gasteiger partial charge is 0.222 e. The van der Waals surface area contributed by atoms with Gasteiger partial charge in [0.2, 0.25) is 5.91 Å². The highest BCUT2D eigenvalue weighted by Crippen LogP contribution is 2.25. The van der Waals surface area contributed by atoms with Crippen molar-refractivity contribution in [2.24, 2.45) is 4.99 Å². The molecular weight excluding hydrogens is 420 g/mol. The van der Waals surface area contributed by atoms with E-state index in [0.717, 1.165) is 5.57 Å². The van der Waals surface area contributed by atoms with Crippen molar-refractivity contribution >= 4 is 18.5 Å². The Morgan fingerprint density at radius 3 is 2.30 bits per heavy atom. The summed E-state index contributed by atoms with van der Waals surface area (Å²) >= 11 is 0. The molecular formula is C25H38N4O4. The zero-order chi connectivity index (χ0) is 24.5. The molecule has 2 saturated heterocycles. The van der Waals surface area contributed by atoms with Crippen molar-refractivity contribution in [3.05, 3.63) is 48.9 Å². The van der Waals surface area contributed by atoms with E-state index in [4.69, 9.17) is 0 Å². The van der Waals surface area contributed by atoms with Gasteiger partial charge in [0.15, 0.2) is 0 Å². The summed E-state index contributed by atoms with van der Waals surface area (Å²) in [6.07, 6.45) is 11.6. The summed E-state index contributed by atoms with van der Waals surface area (Å²) in [5, 5.41) is 21.2. The Bertz CT molecular complexity index is 807. The van der Waals surface area contributed by atoms with Crippen molar-refractivity contribution in [3.8, 4) is 0 Å². The number of carbonyl (C=O) groups excluding carboxylic acids is 2. The van der Waals surface area contributed by atoms with Crippen LogP contribution >= 0.6 is 0 Å². The van der Waals surface area contributed by atoms with E-state index in [1.807, 2.05) is 18.0 Å². The lowest BCUT2D eigenvalue weighted by Crippen LogP contribution is -2.51. The maximum atomic E-state index is 12.5. The first-order valence-corrected chi connectivity index (χ1v) is 11.4. The van der Waals surface area contributed by atoms with Crippen LogP contribution in [0.25, 0.3) is 0 Å². The normalized spacial score (nSPS) is 23.6. The number of hydrogen-bond donors (Lipinski definition) is 2. The van der Waals surface area contributed by atoms with Gasteiger partial charge in [-0.3, -0.25) is 9.59 Å². The van der Waals surface area contributed by atoms with Gasteiger partial charge in [-0.05, 0) is 38.2 Å². The third-order valence-electron chi connectivity index (χ3n) is 6.19. The molecule has 0 bridgehead atoms. The number of carbonyl (C=O) groups is 2. The minimum atomic E-state index is -0.918. The lowest BCUT2D eigenvalue weighted by molar-refractivity contribution is -0.135. The van der Waals surface area contributed by atoms with Crippen molar-refractivity contribution in [1.29, 1.82) is 0 Å². The molecule has 33 heavy (non-hydrogen) atoms. The van der Waals surface area contributed by atoms with Crippen LogP contribution < -0.4 is 0 Å². The molecule has 0 saturated carbocycles. The highest BCUT2D eigenvalue weighted by atomic mass is 16.3. The Labute approximate surface area is 197 Å². The van der Waals surface area contributed by atoms with Crippen LogP contribution in [0, 0.1) is 0 Å². The molecule has 0 aromatic carbocycles. The molecule has 1 unspecified atom stereocenters. The molecule has 182 valence electrons. The van der Waals surface area contributed by atoms with Crippen LogP contribution in [0.5, 0.6) is 0 Å². The largest absolute Gasteiger partial charge is 0.388 e. The lowest BCUT2D eigenvalue weighted by Gasteiger charge is -2.40. The molecule has 2 fully saturated rings. The van der Waals surface area contributed by atoms with Gasteiger partial charge in [-0.2, -0.15) is 0 Å². The first-order valence-electron chi connectivity index (χ1n) is 11.4. The highest BCUT2D eigenvalue weighted by molar-refractivity contribution is 5.76. The van der Waals surface area contributed by atoms with E-state index in [-0.39, 0.29) is 5.91 Å². The average Bonchev–Trinajstić information content (AvgIpc) is 3.13. The van der Waals surface area contributed by atoms with Crippen LogP contribution in [-0.2, 0) is 9.59 Å². The van der Waals surface area contributed by atoms with E-state index in [9.17, 15) is 19.8 Å². The molecule has 2 rings (SSSR count). The Morgan fingerprint density at radius 1 is 1.09 bits per heavy atom. The fraction of sp³-hybridized carbons (Fsp3) is 0.560. The van der Waals surface area contributed by atoms with Gasteiger partial charge in [0.05, 0.1) is 17.5 Å². The summed E-state index contributed by atoms with van der Waals surface area (Å²) < 4.78 is 0. The highest BCUT2D eigenvalue weighted by Gasteiger charge is 2.35. The number of allylic oxidation sites excluding steroid dienone is 5. The van der Waals surface area contributed by atoms with Crippen molar-refractivity contribution in [1.82, 2.24) is 14.7 Å². The predicted octanol–water partition coefficient (Wildman–Crippen LogP) is 1.88. The minimum absolute atomic E-state index is 0.0777. The molecule has 8 nitrogen and oxygen atoms in total. The number of β-amino-alcohol motifs (C(OH)–C–C–N with tert-alkyl or cyclic N) is 1. The van der Waals surface area contributed by atoms with Crippen molar-refractivity contribution in [2.45, 2.75) is 50.2 Å². The monoisotopic (exact) mass is 458 g/mol. The maximum Gasteiger partial charge on any atom is 0.222 e. The number of nitrogens with zero attached hydrogens (tertiary/aromatic N) is 4. The molecule has 1 atom stereocenters. The Hall–Kier alpha value is -2.71. The lowest BCUT2D eigenvalue weighted by atomic mass is 9.90. The molecule has 0 aliphatic carbocycles. The molecule has 2 aliphatic rings. The minimum Gasteiger partial charge on any atom is -0.388 e. The molecule has 0 spiro atoms. The van der Waals surface area contributed by atoms with Crippen LogP contribution in [0.4, 0.5) is 0 Å². The SMILES string of the molecule is C=C/C=C(\C=C)CCC(=O)N1CCC(O)(CN(C)/C=N\C(=C/C=O)N2CCC(C)(O)C2)CC1. The van der Waals surface area contributed by atoms with Gasteiger partial charge in [0, 0.05) is 52.3 Å². The van der Waals surface area contributed by atoms with Gasteiger partial charge >= 0.3 is 0 Å². The van der Waals surface area contributed by atoms with Crippen molar-refractivity contribution in [2.75, 3.05) is 39.8 Å². The van der Waals surface area contributed by atoms with E-state index in [0.29, 0.717) is 76.9 Å². The molecule has 0 aromatic heterocycles. The summed E-state index contributed by atoms with van der Waals surface area (Å²) in [7, 11) is 1.82. The standard InChI is InChI=1S/C25H38N4O4/c1-5-7-21(6-2)8-9-23(31)28-15-12-25(33,13-16-28)19-27(4)20-26-22(10-17-30)29-14-11-24(3,32)18-29/h5-7,10,17,20,32-33H,1-2,8-9,11-16,18-19H2,3-4H3/b21-7+,22-10+,26-20-. The fourth-order valence-electron chi connectivity index (χ4n) is 4.24. The van der Waals surface area contributed by atoms with Crippen LogP contribution in [0.2, 0.25) is 0 Å². The molecule has 2 aliphatic heterocycles. The zero-order valence-electron chi connectivity index (χ0n) is 19.9. The fourth-order valence-corrected chi connectivity index (χ4v) is 4.24. The van der Waals surface area contributed by atoms with Crippen molar-refractivity contribution in [3.63, 3.8) is 0 Å². The quantitative estimate of drug-likeness (QED) is 0.161. The number of aliphatic imine (C=N–C) groups is 1. The van der Waals surface area contributed by atoms with Gasteiger partial charge in [-0.1, -0.05) is 31.4 Å². The Morgan fingerprint density at radius 2 is 1.76 bits per heavy atom. The molecule has 0 radical (unpaired) electrons. The van der Waals surface area contributed by atoms with Gasteiger partial charge < -0.3 is 24.9 Å². The summed E-state index contributed by atoms with van der Waals surface area (Å²) in [4.78, 5) is 33.5. The van der Waals surface area contributed by atoms with E-state index in [1.54, 1.807) is 35.2 Å². The topological polar surface area (TPSA) is 96.7 Å². The number of rotatable bonds is 11. The number of aliphatic hydroxyl groups is 2. The van der Waals surface area contributed by atoms with E-state index < -0.39 is 11.2 Å². The Kier molecular flexibility index (Phi) is 9.61. The first-order chi connectivity index (χ1) is 15.6. The second kappa shape index (κ2) is 12.0.